The molecule has 0 aromatic carbocycles. The van der Waals surface area contributed by atoms with Crippen LogP contribution in [0.1, 0.15) is 37.4 Å². The van der Waals surface area contributed by atoms with Crippen molar-refractivity contribution in [3.8, 4) is 0 Å². The first-order valence-corrected chi connectivity index (χ1v) is 7.31. The molecule has 0 saturated carbocycles. The third-order valence-corrected chi connectivity index (χ3v) is 4.10. The van der Waals surface area contributed by atoms with E-state index in [1.165, 1.54) is 0 Å². The molecule has 1 aliphatic carbocycles. The summed E-state index contributed by atoms with van der Waals surface area (Å²) < 4.78 is 1.68. The van der Waals surface area contributed by atoms with Crippen molar-refractivity contribution in [2.45, 2.75) is 31.6 Å². The molecular formula is C14H22ClN5O. The minimum Gasteiger partial charge on any atom is -0.317 e. The minimum atomic E-state index is 0. The first-order valence-electron chi connectivity index (χ1n) is 7.31. The zero-order chi connectivity index (χ0) is 13.9. The molecule has 2 heterocycles. The second-order valence-electron chi connectivity index (χ2n) is 5.57. The molecule has 0 radical (unpaired) electrons. The Morgan fingerprint density at radius 2 is 2.00 bits per heavy atom. The largest absolute Gasteiger partial charge is 0.317 e. The van der Waals surface area contributed by atoms with Gasteiger partial charge in [-0.2, -0.15) is 10.1 Å². The molecule has 21 heavy (non-hydrogen) atoms. The summed E-state index contributed by atoms with van der Waals surface area (Å²) in [5.74, 6) is 1.92. The number of hydrogen-bond donors (Lipinski definition) is 2. The molecule has 1 aliphatic heterocycles. The first-order chi connectivity index (χ1) is 9.74. The van der Waals surface area contributed by atoms with Crippen molar-refractivity contribution >= 4 is 24.3 Å². The summed E-state index contributed by atoms with van der Waals surface area (Å²) in [5, 5.41) is 10.7. The number of aryl methyl sites for hydroxylation is 1. The maximum Gasteiger partial charge on any atom is 0.230 e. The number of aromatic nitrogens is 3. The highest BCUT2D eigenvalue weighted by Gasteiger charge is 2.24. The Morgan fingerprint density at radius 1 is 1.33 bits per heavy atom. The summed E-state index contributed by atoms with van der Waals surface area (Å²) in [6.07, 6.45) is 7.88. The van der Waals surface area contributed by atoms with Crippen molar-refractivity contribution in [1.29, 1.82) is 0 Å². The third-order valence-electron chi connectivity index (χ3n) is 4.10. The highest BCUT2D eigenvalue weighted by Crippen LogP contribution is 2.24. The summed E-state index contributed by atoms with van der Waals surface area (Å²) in [6, 6.07) is 0. The van der Waals surface area contributed by atoms with Crippen LogP contribution in [0.15, 0.2) is 12.2 Å². The van der Waals surface area contributed by atoms with Gasteiger partial charge in [-0.05, 0) is 38.8 Å². The minimum absolute atomic E-state index is 0. The summed E-state index contributed by atoms with van der Waals surface area (Å²) >= 11 is 0. The molecular weight excluding hydrogens is 290 g/mol. The molecule has 116 valence electrons. The van der Waals surface area contributed by atoms with E-state index in [4.69, 9.17) is 0 Å². The van der Waals surface area contributed by atoms with E-state index in [0.29, 0.717) is 11.9 Å². The molecule has 1 fully saturated rings. The number of halogens is 1. The number of carbonyl (C=O) groups is 1. The Kier molecular flexibility index (Phi) is 5.36. The zero-order valence-corrected chi connectivity index (χ0v) is 13.0. The summed E-state index contributed by atoms with van der Waals surface area (Å²) in [7, 11) is 1.83. The number of rotatable bonds is 3. The standard InChI is InChI=1S/C14H21N5O.ClH/c1-19-14(17-13(20)11-4-2-3-5-11)16-12(18-19)10-6-8-15-9-7-10;/h2-3,10-11,15H,4-9H2,1H3,(H,16,17,18,20);1H. The van der Waals surface area contributed by atoms with Crippen LogP contribution in [0.4, 0.5) is 5.95 Å². The van der Waals surface area contributed by atoms with Crippen LogP contribution in [-0.4, -0.2) is 33.8 Å². The Morgan fingerprint density at radius 3 is 2.67 bits per heavy atom. The van der Waals surface area contributed by atoms with Crippen LogP contribution in [0.25, 0.3) is 0 Å². The molecule has 1 amide bonds. The molecule has 6 nitrogen and oxygen atoms in total. The zero-order valence-electron chi connectivity index (χ0n) is 12.2. The van der Waals surface area contributed by atoms with Crippen LogP contribution >= 0.6 is 12.4 Å². The van der Waals surface area contributed by atoms with Gasteiger partial charge < -0.3 is 5.32 Å². The van der Waals surface area contributed by atoms with E-state index in [0.717, 1.165) is 44.6 Å². The van der Waals surface area contributed by atoms with Crippen LogP contribution in [0.5, 0.6) is 0 Å². The van der Waals surface area contributed by atoms with Crippen molar-refractivity contribution in [1.82, 2.24) is 20.1 Å². The molecule has 7 heteroatoms. The number of hydrogen-bond acceptors (Lipinski definition) is 4. The van der Waals surface area contributed by atoms with Crippen molar-refractivity contribution in [3.63, 3.8) is 0 Å². The third kappa shape index (κ3) is 3.63. The second-order valence-corrected chi connectivity index (χ2v) is 5.57. The van der Waals surface area contributed by atoms with Gasteiger partial charge in [-0.1, -0.05) is 12.2 Å². The molecule has 1 aromatic heterocycles. The Bertz CT molecular complexity index is 513. The van der Waals surface area contributed by atoms with Gasteiger partial charge in [-0.15, -0.1) is 12.4 Å². The van der Waals surface area contributed by atoms with E-state index in [-0.39, 0.29) is 24.2 Å². The number of carbonyl (C=O) groups excluding carboxylic acids is 1. The maximum atomic E-state index is 12.1. The summed E-state index contributed by atoms with van der Waals surface area (Å²) in [6.45, 7) is 2.02. The number of piperidine rings is 1. The topological polar surface area (TPSA) is 71.8 Å². The normalized spacial score (nSPS) is 19.5. The van der Waals surface area contributed by atoms with Gasteiger partial charge in [0.1, 0.15) is 0 Å². The number of allylic oxidation sites excluding steroid dienone is 2. The molecule has 0 unspecified atom stereocenters. The number of nitrogens with one attached hydrogen (secondary N) is 2. The smallest absolute Gasteiger partial charge is 0.230 e. The van der Waals surface area contributed by atoms with Crippen LogP contribution in [0, 0.1) is 5.92 Å². The fourth-order valence-electron chi connectivity index (χ4n) is 2.81. The number of anilines is 1. The molecule has 1 aromatic rings. The van der Waals surface area contributed by atoms with Gasteiger partial charge in [0.15, 0.2) is 5.82 Å². The summed E-state index contributed by atoms with van der Waals surface area (Å²) in [4.78, 5) is 16.6. The van der Waals surface area contributed by atoms with Crippen LogP contribution in [0.3, 0.4) is 0 Å². The molecule has 3 rings (SSSR count). The monoisotopic (exact) mass is 311 g/mol. The van der Waals surface area contributed by atoms with Gasteiger partial charge in [-0.25, -0.2) is 4.68 Å². The maximum absolute atomic E-state index is 12.1. The molecule has 1 saturated heterocycles. The van der Waals surface area contributed by atoms with Gasteiger partial charge in [0.2, 0.25) is 11.9 Å². The van der Waals surface area contributed by atoms with Crippen molar-refractivity contribution in [3.05, 3.63) is 18.0 Å². The van der Waals surface area contributed by atoms with Crippen LogP contribution in [-0.2, 0) is 11.8 Å². The average molecular weight is 312 g/mol. The molecule has 0 bridgehead atoms. The lowest BCUT2D eigenvalue weighted by Gasteiger charge is -2.19. The van der Waals surface area contributed by atoms with Crippen LogP contribution in [0.2, 0.25) is 0 Å². The van der Waals surface area contributed by atoms with Gasteiger partial charge in [0.05, 0.1) is 0 Å². The molecule has 2 N–H and O–H groups in total. The highest BCUT2D eigenvalue weighted by molar-refractivity contribution is 5.91. The van der Waals surface area contributed by atoms with Crippen molar-refractivity contribution in [2.24, 2.45) is 13.0 Å². The van der Waals surface area contributed by atoms with Gasteiger partial charge in [0.25, 0.3) is 0 Å². The summed E-state index contributed by atoms with van der Waals surface area (Å²) in [5.41, 5.74) is 0. The van der Waals surface area contributed by atoms with E-state index < -0.39 is 0 Å². The molecule has 2 aliphatic rings. The lowest BCUT2D eigenvalue weighted by molar-refractivity contribution is -0.119. The lowest BCUT2D eigenvalue weighted by Crippen LogP contribution is -2.27. The Hall–Kier alpha value is -1.40. The SMILES string of the molecule is Cl.Cn1nc(C2CCNCC2)nc1NC(=O)C1CC=CC1. The number of nitrogens with zero attached hydrogens (tertiary/aromatic N) is 3. The van der Waals surface area contributed by atoms with Gasteiger partial charge in [0, 0.05) is 18.9 Å². The fraction of sp³-hybridized carbons (Fsp3) is 0.643. The predicted octanol–water partition coefficient (Wildman–Crippen LogP) is 1.61. The number of amides is 1. The van der Waals surface area contributed by atoms with Crippen molar-refractivity contribution < 1.29 is 4.79 Å². The highest BCUT2D eigenvalue weighted by atomic mass is 35.5. The fourth-order valence-corrected chi connectivity index (χ4v) is 2.81. The Balaban J connectivity index is 0.00000161. The quantitative estimate of drug-likeness (QED) is 0.832. The van der Waals surface area contributed by atoms with Crippen molar-refractivity contribution in [2.75, 3.05) is 18.4 Å². The lowest BCUT2D eigenvalue weighted by atomic mass is 9.98. The van der Waals surface area contributed by atoms with Gasteiger partial charge >= 0.3 is 0 Å². The van der Waals surface area contributed by atoms with E-state index in [1.54, 1.807) is 4.68 Å². The molecule has 0 spiro atoms. The van der Waals surface area contributed by atoms with E-state index in [2.05, 4.69) is 32.9 Å². The van der Waals surface area contributed by atoms with E-state index in [1.807, 2.05) is 7.05 Å². The van der Waals surface area contributed by atoms with E-state index in [9.17, 15) is 4.79 Å². The first kappa shape index (κ1) is 16.0. The molecule has 0 atom stereocenters. The van der Waals surface area contributed by atoms with E-state index >= 15 is 0 Å². The predicted molar refractivity (Wildman–Crippen MR) is 83.6 cm³/mol. The average Bonchev–Trinajstić information content (AvgIpc) is 3.10. The van der Waals surface area contributed by atoms with Gasteiger partial charge in [-0.3, -0.25) is 10.1 Å². The van der Waals surface area contributed by atoms with Crippen LogP contribution < -0.4 is 10.6 Å². The Labute approximate surface area is 130 Å². The second kappa shape index (κ2) is 7.04.